The summed E-state index contributed by atoms with van der Waals surface area (Å²) in [4.78, 5) is 2.28. The lowest BCUT2D eigenvalue weighted by Gasteiger charge is -2.32. The molecule has 2 rings (SSSR count). The first-order chi connectivity index (χ1) is 9.37. The van der Waals surface area contributed by atoms with Gasteiger partial charge in [0.2, 0.25) is 10.0 Å². The average Bonchev–Trinajstić information content (AvgIpc) is 2.81. The molecule has 2 heterocycles. The Hall–Kier alpha value is -0.860. The molecule has 0 bridgehead atoms. The maximum absolute atomic E-state index is 12.4. The number of hydrogen-bond donors (Lipinski definition) is 1. The molecule has 1 aromatic heterocycles. The van der Waals surface area contributed by atoms with Crippen LogP contribution in [0.15, 0.2) is 4.90 Å². The highest BCUT2D eigenvalue weighted by Crippen LogP contribution is 2.38. The molecule has 1 saturated heterocycles. The van der Waals surface area contributed by atoms with Gasteiger partial charge in [-0.1, -0.05) is 13.3 Å². The van der Waals surface area contributed by atoms with Crippen molar-refractivity contribution in [1.82, 2.24) is 8.68 Å². The summed E-state index contributed by atoms with van der Waals surface area (Å²) in [6, 6.07) is 0. The van der Waals surface area contributed by atoms with Gasteiger partial charge in [-0.2, -0.15) is 4.37 Å². The molecule has 8 heteroatoms. The predicted molar refractivity (Wildman–Crippen MR) is 82.6 cm³/mol. The highest BCUT2D eigenvalue weighted by atomic mass is 32.2. The average molecular weight is 318 g/mol. The van der Waals surface area contributed by atoms with Crippen molar-refractivity contribution < 1.29 is 8.42 Å². The van der Waals surface area contributed by atoms with Crippen molar-refractivity contribution in [2.45, 2.75) is 31.1 Å². The van der Waals surface area contributed by atoms with E-state index in [1.165, 1.54) is 36.4 Å². The molecule has 1 aromatic rings. The van der Waals surface area contributed by atoms with E-state index >= 15 is 0 Å². The second kappa shape index (κ2) is 5.87. The largest absolute Gasteiger partial charge is 0.382 e. The van der Waals surface area contributed by atoms with Crippen LogP contribution >= 0.6 is 11.5 Å². The van der Waals surface area contributed by atoms with Crippen molar-refractivity contribution in [1.29, 1.82) is 0 Å². The van der Waals surface area contributed by atoms with Crippen LogP contribution in [0.5, 0.6) is 0 Å². The van der Waals surface area contributed by atoms with E-state index in [1.807, 2.05) is 0 Å². The van der Waals surface area contributed by atoms with Crippen LogP contribution in [0.3, 0.4) is 0 Å². The van der Waals surface area contributed by atoms with E-state index in [1.54, 1.807) is 0 Å². The van der Waals surface area contributed by atoms with Crippen molar-refractivity contribution in [2.75, 3.05) is 37.8 Å². The Labute approximate surface area is 124 Å². The molecular weight excluding hydrogens is 296 g/mol. The highest BCUT2D eigenvalue weighted by molar-refractivity contribution is 7.89. The van der Waals surface area contributed by atoms with Gasteiger partial charge in [0, 0.05) is 27.2 Å². The summed E-state index contributed by atoms with van der Waals surface area (Å²) in [6.07, 6.45) is 3.37. The number of rotatable bonds is 4. The molecular formula is C12H22N4O2S2. The Kier molecular flexibility index (Phi) is 4.55. The smallest absolute Gasteiger partial charge is 0.249 e. The zero-order valence-electron chi connectivity index (χ0n) is 12.2. The molecule has 6 nitrogen and oxygen atoms in total. The van der Waals surface area contributed by atoms with Crippen LogP contribution in [-0.2, 0) is 10.0 Å². The third-order valence-electron chi connectivity index (χ3n) is 3.88. The van der Waals surface area contributed by atoms with Crippen molar-refractivity contribution in [3.63, 3.8) is 0 Å². The Bertz CT molecular complexity index is 560. The third kappa shape index (κ3) is 2.77. The zero-order chi connectivity index (χ0) is 14.9. The van der Waals surface area contributed by atoms with Gasteiger partial charge >= 0.3 is 0 Å². The molecule has 0 unspecified atom stereocenters. The fourth-order valence-electron chi connectivity index (χ4n) is 2.46. The molecule has 0 spiro atoms. The zero-order valence-corrected chi connectivity index (χ0v) is 13.8. The lowest BCUT2D eigenvalue weighted by Crippen LogP contribution is -2.34. The number of aromatic nitrogens is 1. The molecule has 0 radical (unpaired) electrons. The van der Waals surface area contributed by atoms with E-state index in [0.29, 0.717) is 5.00 Å². The topological polar surface area (TPSA) is 79.5 Å². The van der Waals surface area contributed by atoms with Gasteiger partial charge in [0.15, 0.2) is 10.7 Å². The van der Waals surface area contributed by atoms with Crippen LogP contribution in [0.25, 0.3) is 0 Å². The van der Waals surface area contributed by atoms with E-state index in [9.17, 15) is 8.42 Å². The summed E-state index contributed by atoms with van der Waals surface area (Å²) >= 11 is 1.18. The fourth-order valence-corrected chi connectivity index (χ4v) is 4.73. The standard InChI is InChI=1S/C12H22N4O2S2/c1-4-9-5-7-16(8-6-9)12-10(11(13)14-19-12)20(17,18)15(2)3/h9H,4-8H2,1-3H3,(H2,13,14). The van der Waals surface area contributed by atoms with Crippen molar-refractivity contribution >= 4 is 32.4 Å². The molecule has 1 aliphatic heterocycles. The third-order valence-corrected chi connectivity index (χ3v) is 6.81. The quantitative estimate of drug-likeness (QED) is 0.912. The number of nitrogens with zero attached hydrogens (tertiary/aromatic N) is 3. The molecule has 114 valence electrons. The summed E-state index contributed by atoms with van der Waals surface area (Å²) in [7, 11) is -0.522. The van der Waals surface area contributed by atoms with Crippen LogP contribution in [0.4, 0.5) is 10.8 Å². The molecule has 1 aliphatic rings. The lowest BCUT2D eigenvalue weighted by atomic mass is 9.95. The van der Waals surface area contributed by atoms with Crippen LogP contribution in [0.2, 0.25) is 0 Å². The summed E-state index contributed by atoms with van der Waals surface area (Å²) < 4.78 is 30.0. The number of hydrogen-bond acceptors (Lipinski definition) is 6. The Morgan fingerprint density at radius 3 is 2.50 bits per heavy atom. The van der Waals surface area contributed by atoms with Crippen molar-refractivity contribution in [3.05, 3.63) is 0 Å². The summed E-state index contributed by atoms with van der Waals surface area (Å²) in [5.41, 5.74) is 5.79. The molecule has 0 amide bonds. The number of piperidine rings is 1. The van der Waals surface area contributed by atoms with E-state index in [2.05, 4.69) is 16.2 Å². The molecule has 0 aliphatic carbocycles. The van der Waals surface area contributed by atoms with Gasteiger partial charge in [0.05, 0.1) is 0 Å². The normalized spacial score (nSPS) is 17.9. The van der Waals surface area contributed by atoms with Gasteiger partial charge in [0.1, 0.15) is 5.00 Å². The molecule has 0 aromatic carbocycles. The first-order valence-electron chi connectivity index (χ1n) is 6.80. The van der Waals surface area contributed by atoms with Crippen LogP contribution in [0, 0.1) is 5.92 Å². The second-order valence-electron chi connectivity index (χ2n) is 5.33. The lowest BCUT2D eigenvalue weighted by molar-refractivity contribution is 0.395. The summed E-state index contributed by atoms with van der Waals surface area (Å²) in [6.45, 7) is 3.94. The van der Waals surface area contributed by atoms with E-state index in [-0.39, 0.29) is 10.7 Å². The SMILES string of the molecule is CCC1CCN(c2snc(N)c2S(=O)(=O)N(C)C)CC1. The Balaban J connectivity index is 2.31. The molecule has 0 saturated carbocycles. The first kappa shape index (κ1) is 15.5. The van der Waals surface area contributed by atoms with E-state index < -0.39 is 10.0 Å². The minimum absolute atomic E-state index is 0.108. The summed E-state index contributed by atoms with van der Waals surface area (Å²) in [5.74, 6) is 0.849. The first-order valence-corrected chi connectivity index (χ1v) is 9.01. The van der Waals surface area contributed by atoms with Crippen molar-refractivity contribution in [2.24, 2.45) is 5.92 Å². The van der Waals surface area contributed by atoms with Gasteiger partial charge < -0.3 is 10.6 Å². The summed E-state index contributed by atoms with van der Waals surface area (Å²) in [5, 5.41) is 0.686. The van der Waals surface area contributed by atoms with Gasteiger partial charge in [-0.15, -0.1) is 0 Å². The van der Waals surface area contributed by atoms with Crippen molar-refractivity contribution in [3.8, 4) is 0 Å². The van der Waals surface area contributed by atoms with Crippen LogP contribution < -0.4 is 10.6 Å². The molecule has 1 fully saturated rings. The Morgan fingerprint density at radius 2 is 2.00 bits per heavy atom. The van der Waals surface area contributed by atoms with E-state index in [0.717, 1.165) is 31.8 Å². The number of sulfonamides is 1. The molecule has 0 atom stereocenters. The number of nitrogens with two attached hydrogens (primary N) is 1. The highest BCUT2D eigenvalue weighted by Gasteiger charge is 2.31. The minimum atomic E-state index is -3.55. The Morgan fingerprint density at radius 1 is 1.40 bits per heavy atom. The van der Waals surface area contributed by atoms with Gasteiger partial charge in [-0.25, -0.2) is 12.7 Å². The van der Waals surface area contributed by atoms with Gasteiger partial charge in [0.25, 0.3) is 0 Å². The predicted octanol–water partition coefficient (Wildman–Crippen LogP) is 1.60. The molecule has 20 heavy (non-hydrogen) atoms. The van der Waals surface area contributed by atoms with Crippen LogP contribution in [-0.4, -0.2) is 44.3 Å². The fraction of sp³-hybridized carbons (Fsp3) is 0.750. The number of nitrogen functional groups attached to an aromatic ring is 1. The van der Waals surface area contributed by atoms with Crippen LogP contribution in [0.1, 0.15) is 26.2 Å². The number of anilines is 2. The molecule has 2 N–H and O–H groups in total. The van der Waals surface area contributed by atoms with Gasteiger partial charge in [-0.3, -0.25) is 0 Å². The maximum Gasteiger partial charge on any atom is 0.249 e. The van der Waals surface area contributed by atoms with E-state index in [4.69, 9.17) is 5.73 Å². The maximum atomic E-state index is 12.4. The second-order valence-corrected chi connectivity index (χ2v) is 8.17. The van der Waals surface area contributed by atoms with Gasteiger partial charge in [-0.05, 0) is 30.3 Å². The minimum Gasteiger partial charge on any atom is -0.382 e. The monoisotopic (exact) mass is 318 g/mol.